The molecule has 0 saturated carbocycles. The standard InChI is InChI=1S/C20H26O2/c1-12(2)16-11-14-9-8-13(3)15-7-6-10-19(4,22)20(5,17(14)15)18(16)21/h8-9,11-12,22H,6-7,10H2,1-5H3. The molecule has 2 atom stereocenters. The topological polar surface area (TPSA) is 37.3 Å². The van der Waals surface area contributed by atoms with E-state index in [0.717, 1.165) is 29.5 Å². The summed E-state index contributed by atoms with van der Waals surface area (Å²) in [6, 6.07) is 4.27. The number of hydrogen-bond acceptors (Lipinski definition) is 2. The van der Waals surface area contributed by atoms with E-state index in [4.69, 9.17) is 0 Å². The van der Waals surface area contributed by atoms with Gasteiger partial charge in [-0.1, -0.05) is 26.0 Å². The first-order valence-corrected chi connectivity index (χ1v) is 8.32. The Balaban J connectivity index is 2.41. The van der Waals surface area contributed by atoms with Crippen LogP contribution in [-0.2, 0) is 16.6 Å². The molecule has 2 nitrogen and oxygen atoms in total. The van der Waals surface area contributed by atoms with Crippen molar-refractivity contribution in [2.45, 2.75) is 64.9 Å². The summed E-state index contributed by atoms with van der Waals surface area (Å²) < 4.78 is 0. The summed E-state index contributed by atoms with van der Waals surface area (Å²) in [6.07, 6.45) is 4.58. The summed E-state index contributed by atoms with van der Waals surface area (Å²) in [5.74, 6) is 0.273. The Morgan fingerprint density at radius 3 is 2.55 bits per heavy atom. The van der Waals surface area contributed by atoms with E-state index >= 15 is 0 Å². The fourth-order valence-corrected chi connectivity index (χ4v) is 4.24. The van der Waals surface area contributed by atoms with Gasteiger partial charge >= 0.3 is 0 Å². The highest BCUT2D eigenvalue weighted by molar-refractivity contribution is 6.11. The largest absolute Gasteiger partial charge is 0.389 e. The van der Waals surface area contributed by atoms with Gasteiger partial charge in [-0.05, 0) is 79.9 Å². The van der Waals surface area contributed by atoms with Crippen LogP contribution >= 0.6 is 0 Å². The van der Waals surface area contributed by atoms with Crippen LogP contribution in [0.4, 0.5) is 0 Å². The normalized spacial score (nSPS) is 30.9. The lowest BCUT2D eigenvalue weighted by atomic mass is 9.59. The van der Waals surface area contributed by atoms with Crippen molar-refractivity contribution in [2.75, 3.05) is 0 Å². The molecule has 0 aliphatic heterocycles. The van der Waals surface area contributed by atoms with Gasteiger partial charge in [0.05, 0.1) is 11.0 Å². The summed E-state index contributed by atoms with van der Waals surface area (Å²) in [7, 11) is 0. The highest BCUT2D eigenvalue weighted by Crippen LogP contribution is 2.50. The van der Waals surface area contributed by atoms with E-state index in [9.17, 15) is 9.90 Å². The molecule has 0 aromatic heterocycles. The Kier molecular flexibility index (Phi) is 3.37. The third kappa shape index (κ3) is 1.86. The number of aryl methyl sites for hydroxylation is 1. The Hall–Kier alpha value is -1.41. The van der Waals surface area contributed by atoms with Gasteiger partial charge in [0.2, 0.25) is 0 Å². The molecule has 2 aliphatic carbocycles. The van der Waals surface area contributed by atoms with Crippen molar-refractivity contribution < 1.29 is 9.90 Å². The van der Waals surface area contributed by atoms with Crippen LogP contribution in [0.15, 0.2) is 17.7 Å². The lowest BCUT2D eigenvalue weighted by molar-refractivity contribution is -0.131. The minimum absolute atomic E-state index is 0.105. The van der Waals surface area contributed by atoms with Crippen LogP contribution < -0.4 is 0 Å². The maximum absolute atomic E-state index is 13.3. The van der Waals surface area contributed by atoms with Gasteiger partial charge in [0.1, 0.15) is 0 Å². The van der Waals surface area contributed by atoms with E-state index in [1.807, 2.05) is 13.8 Å². The SMILES string of the molecule is Cc1ccc2c3c1CCCC(C)(O)C3(C)C(=O)C(C(C)C)=C2. The molecule has 2 aliphatic rings. The zero-order valence-electron chi connectivity index (χ0n) is 14.3. The number of ketones is 1. The Labute approximate surface area is 133 Å². The number of benzene rings is 1. The third-order valence-corrected chi connectivity index (χ3v) is 5.90. The molecule has 3 rings (SSSR count). The molecule has 0 bridgehead atoms. The van der Waals surface area contributed by atoms with E-state index in [1.165, 1.54) is 11.1 Å². The molecule has 0 spiro atoms. The molecule has 22 heavy (non-hydrogen) atoms. The van der Waals surface area contributed by atoms with Crippen molar-refractivity contribution in [3.8, 4) is 0 Å². The van der Waals surface area contributed by atoms with Gasteiger partial charge < -0.3 is 5.11 Å². The maximum Gasteiger partial charge on any atom is 0.172 e. The van der Waals surface area contributed by atoms with Crippen molar-refractivity contribution in [2.24, 2.45) is 5.92 Å². The quantitative estimate of drug-likeness (QED) is 0.852. The van der Waals surface area contributed by atoms with Gasteiger partial charge in [-0.2, -0.15) is 0 Å². The molecule has 118 valence electrons. The molecular weight excluding hydrogens is 272 g/mol. The van der Waals surface area contributed by atoms with Gasteiger partial charge in [0, 0.05) is 0 Å². The number of Topliss-reactive ketones (excluding diaryl/α,β-unsaturated/α-hetero) is 1. The van der Waals surface area contributed by atoms with Crippen LogP contribution in [-0.4, -0.2) is 16.5 Å². The monoisotopic (exact) mass is 298 g/mol. The van der Waals surface area contributed by atoms with Crippen LogP contribution in [0.3, 0.4) is 0 Å². The predicted octanol–water partition coefficient (Wildman–Crippen LogP) is 3.96. The van der Waals surface area contributed by atoms with E-state index in [-0.39, 0.29) is 11.7 Å². The van der Waals surface area contributed by atoms with Crippen molar-refractivity contribution in [1.82, 2.24) is 0 Å². The summed E-state index contributed by atoms with van der Waals surface area (Å²) in [6.45, 7) is 10.0. The second-order valence-corrected chi connectivity index (χ2v) is 7.66. The van der Waals surface area contributed by atoms with Crippen molar-refractivity contribution >= 4 is 11.9 Å². The molecule has 0 saturated heterocycles. The lowest BCUT2D eigenvalue weighted by Crippen LogP contribution is -2.55. The summed E-state index contributed by atoms with van der Waals surface area (Å²) in [5, 5.41) is 11.2. The molecule has 2 heteroatoms. The Morgan fingerprint density at radius 2 is 1.91 bits per heavy atom. The molecule has 1 N–H and O–H groups in total. The van der Waals surface area contributed by atoms with E-state index in [1.54, 1.807) is 0 Å². The molecule has 0 radical (unpaired) electrons. The van der Waals surface area contributed by atoms with E-state index in [2.05, 4.69) is 39.0 Å². The third-order valence-electron chi connectivity index (χ3n) is 5.90. The zero-order valence-corrected chi connectivity index (χ0v) is 14.3. The molecule has 0 heterocycles. The minimum atomic E-state index is -1.01. The molecule has 0 fully saturated rings. The summed E-state index contributed by atoms with van der Waals surface area (Å²) >= 11 is 0. The molecule has 1 aromatic carbocycles. The van der Waals surface area contributed by atoms with Crippen molar-refractivity contribution in [3.05, 3.63) is 40.0 Å². The second kappa shape index (κ2) is 4.79. The highest BCUT2D eigenvalue weighted by Gasteiger charge is 2.55. The zero-order chi connectivity index (χ0) is 16.3. The Morgan fingerprint density at radius 1 is 1.23 bits per heavy atom. The van der Waals surface area contributed by atoms with Gasteiger partial charge in [-0.3, -0.25) is 4.79 Å². The van der Waals surface area contributed by atoms with Crippen LogP contribution in [0.5, 0.6) is 0 Å². The smallest absolute Gasteiger partial charge is 0.172 e. The number of carbonyl (C=O) groups is 1. The van der Waals surface area contributed by atoms with Crippen LogP contribution in [0, 0.1) is 12.8 Å². The average Bonchev–Trinajstić information content (AvgIpc) is 2.54. The van der Waals surface area contributed by atoms with Gasteiger partial charge in [-0.15, -0.1) is 0 Å². The number of hydrogen-bond donors (Lipinski definition) is 1. The highest BCUT2D eigenvalue weighted by atomic mass is 16.3. The average molecular weight is 298 g/mol. The second-order valence-electron chi connectivity index (χ2n) is 7.66. The first-order chi connectivity index (χ1) is 10.2. The number of allylic oxidation sites excluding steroid dienone is 1. The number of carbonyl (C=O) groups excluding carboxylic acids is 1. The fourth-order valence-electron chi connectivity index (χ4n) is 4.24. The lowest BCUT2D eigenvalue weighted by Gasteiger charge is -2.45. The minimum Gasteiger partial charge on any atom is -0.389 e. The van der Waals surface area contributed by atoms with Gasteiger partial charge in [0.25, 0.3) is 0 Å². The number of rotatable bonds is 1. The summed E-state index contributed by atoms with van der Waals surface area (Å²) in [5.41, 5.74) is 3.69. The Bertz CT molecular complexity index is 679. The maximum atomic E-state index is 13.3. The predicted molar refractivity (Wildman–Crippen MR) is 89.9 cm³/mol. The van der Waals surface area contributed by atoms with Gasteiger partial charge in [-0.25, -0.2) is 0 Å². The number of aliphatic hydroxyl groups is 1. The van der Waals surface area contributed by atoms with E-state index < -0.39 is 11.0 Å². The first-order valence-electron chi connectivity index (χ1n) is 8.32. The molecule has 0 amide bonds. The van der Waals surface area contributed by atoms with E-state index in [0.29, 0.717) is 6.42 Å². The summed E-state index contributed by atoms with van der Waals surface area (Å²) in [4.78, 5) is 13.3. The molecule has 1 aromatic rings. The van der Waals surface area contributed by atoms with Gasteiger partial charge in [0.15, 0.2) is 5.78 Å². The first kappa shape index (κ1) is 15.5. The molecular formula is C20H26O2. The van der Waals surface area contributed by atoms with Crippen LogP contribution in [0.2, 0.25) is 0 Å². The van der Waals surface area contributed by atoms with Crippen molar-refractivity contribution in [1.29, 1.82) is 0 Å². The molecule has 2 unspecified atom stereocenters. The van der Waals surface area contributed by atoms with Crippen molar-refractivity contribution in [3.63, 3.8) is 0 Å². The van der Waals surface area contributed by atoms with Crippen LogP contribution in [0.25, 0.3) is 6.08 Å². The van der Waals surface area contributed by atoms with Crippen LogP contribution in [0.1, 0.15) is 62.8 Å². The fraction of sp³-hybridized carbons (Fsp3) is 0.550.